The molecule has 3 N–H and O–H groups in total. The van der Waals surface area contributed by atoms with Crippen LogP contribution in [0, 0.1) is 0 Å². The van der Waals surface area contributed by atoms with Crippen molar-refractivity contribution < 1.29 is 13.2 Å². The van der Waals surface area contributed by atoms with Crippen LogP contribution >= 0.6 is 0 Å². The summed E-state index contributed by atoms with van der Waals surface area (Å²) in [5.74, 6) is 0. The number of rotatable bonds is 3. The predicted molar refractivity (Wildman–Crippen MR) is 66.9 cm³/mol. The first-order chi connectivity index (χ1) is 9.00. The van der Waals surface area contributed by atoms with Gasteiger partial charge in [0, 0.05) is 35.9 Å². The molecule has 0 spiro atoms. The summed E-state index contributed by atoms with van der Waals surface area (Å²) < 4.78 is 37.3. The quantitative estimate of drug-likeness (QED) is 0.897. The third-order valence-electron chi connectivity index (χ3n) is 2.61. The smallest absolute Gasteiger partial charge is 0.355 e. The summed E-state index contributed by atoms with van der Waals surface area (Å²) in [5, 5.41) is 3.01. The lowest BCUT2D eigenvalue weighted by Crippen LogP contribution is -2.05. The number of nitrogens with two attached hydrogens (primary N) is 1. The molecule has 0 amide bonds. The van der Waals surface area contributed by atoms with E-state index in [1.807, 2.05) is 0 Å². The SMILES string of the molecule is NCc1cnccc1Nc1ccc(C(F)(F)F)cc1. The van der Waals surface area contributed by atoms with Crippen LogP contribution in [0.1, 0.15) is 11.1 Å². The van der Waals surface area contributed by atoms with Crippen LogP contribution < -0.4 is 11.1 Å². The summed E-state index contributed by atoms with van der Waals surface area (Å²) >= 11 is 0. The Morgan fingerprint density at radius 1 is 1.11 bits per heavy atom. The van der Waals surface area contributed by atoms with Gasteiger partial charge in [0.05, 0.1) is 5.56 Å². The van der Waals surface area contributed by atoms with Gasteiger partial charge in [0.1, 0.15) is 0 Å². The molecule has 2 rings (SSSR count). The summed E-state index contributed by atoms with van der Waals surface area (Å²) in [7, 11) is 0. The molecule has 0 aliphatic rings. The molecule has 0 aliphatic carbocycles. The van der Waals surface area contributed by atoms with Crippen molar-refractivity contribution in [2.75, 3.05) is 5.32 Å². The summed E-state index contributed by atoms with van der Waals surface area (Å²) in [4.78, 5) is 3.94. The van der Waals surface area contributed by atoms with Gasteiger partial charge < -0.3 is 11.1 Å². The van der Waals surface area contributed by atoms with Crippen molar-refractivity contribution in [2.24, 2.45) is 5.73 Å². The lowest BCUT2D eigenvalue weighted by Gasteiger charge is -2.11. The Hall–Kier alpha value is -2.08. The number of halogens is 3. The van der Waals surface area contributed by atoms with Crippen molar-refractivity contribution in [1.29, 1.82) is 0 Å². The van der Waals surface area contributed by atoms with Gasteiger partial charge in [-0.2, -0.15) is 13.2 Å². The largest absolute Gasteiger partial charge is 0.416 e. The van der Waals surface area contributed by atoms with E-state index >= 15 is 0 Å². The second-order valence-electron chi connectivity index (χ2n) is 3.94. The highest BCUT2D eigenvalue weighted by atomic mass is 19.4. The number of aromatic nitrogens is 1. The van der Waals surface area contributed by atoms with Crippen molar-refractivity contribution >= 4 is 11.4 Å². The first kappa shape index (κ1) is 13.4. The topological polar surface area (TPSA) is 50.9 Å². The zero-order valence-electron chi connectivity index (χ0n) is 9.91. The fourth-order valence-corrected chi connectivity index (χ4v) is 1.61. The second-order valence-corrected chi connectivity index (χ2v) is 3.94. The number of nitrogens with one attached hydrogen (secondary N) is 1. The van der Waals surface area contributed by atoms with E-state index in [9.17, 15) is 13.2 Å². The fourth-order valence-electron chi connectivity index (χ4n) is 1.61. The van der Waals surface area contributed by atoms with Crippen LogP contribution in [-0.2, 0) is 12.7 Å². The average molecular weight is 267 g/mol. The van der Waals surface area contributed by atoms with Crippen LogP contribution in [0.25, 0.3) is 0 Å². The highest BCUT2D eigenvalue weighted by Crippen LogP contribution is 2.30. The molecule has 100 valence electrons. The zero-order valence-corrected chi connectivity index (χ0v) is 9.91. The maximum Gasteiger partial charge on any atom is 0.416 e. The third-order valence-corrected chi connectivity index (χ3v) is 2.61. The molecule has 1 heterocycles. The van der Waals surface area contributed by atoms with Crippen molar-refractivity contribution in [1.82, 2.24) is 4.98 Å². The standard InChI is InChI=1S/C13H12F3N3/c14-13(15,16)10-1-3-11(4-2-10)19-12-5-6-18-8-9(12)7-17/h1-6,8H,7,17H2,(H,18,19). The van der Waals surface area contributed by atoms with Crippen LogP contribution in [0.5, 0.6) is 0 Å². The number of alkyl halides is 3. The Morgan fingerprint density at radius 2 is 1.79 bits per heavy atom. The van der Waals surface area contributed by atoms with Gasteiger partial charge in [0.25, 0.3) is 0 Å². The minimum atomic E-state index is -4.32. The molecule has 0 radical (unpaired) electrons. The van der Waals surface area contributed by atoms with Gasteiger partial charge in [-0.15, -0.1) is 0 Å². The van der Waals surface area contributed by atoms with E-state index in [4.69, 9.17) is 5.73 Å². The first-order valence-electron chi connectivity index (χ1n) is 5.58. The van der Waals surface area contributed by atoms with Gasteiger partial charge in [0.2, 0.25) is 0 Å². The molecule has 1 aromatic heterocycles. The molecule has 6 heteroatoms. The third kappa shape index (κ3) is 3.23. The molecule has 0 aliphatic heterocycles. The fraction of sp³-hybridized carbons (Fsp3) is 0.154. The van der Waals surface area contributed by atoms with Crippen LogP contribution in [-0.4, -0.2) is 4.98 Å². The maximum absolute atomic E-state index is 12.4. The van der Waals surface area contributed by atoms with E-state index in [1.54, 1.807) is 18.5 Å². The van der Waals surface area contributed by atoms with Crippen molar-refractivity contribution in [2.45, 2.75) is 12.7 Å². The molecule has 19 heavy (non-hydrogen) atoms. The van der Waals surface area contributed by atoms with Gasteiger partial charge in [-0.25, -0.2) is 0 Å². The molecule has 0 bridgehead atoms. The normalized spacial score (nSPS) is 11.4. The monoisotopic (exact) mass is 267 g/mol. The number of nitrogens with zero attached hydrogens (tertiary/aromatic N) is 1. The molecule has 0 fully saturated rings. The molecule has 0 saturated heterocycles. The van der Waals surface area contributed by atoms with Crippen LogP contribution in [0.15, 0.2) is 42.7 Å². The Labute approximate surface area is 108 Å². The highest BCUT2D eigenvalue weighted by Gasteiger charge is 2.29. The van der Waals surface area contributed by atoms with E-state index in [0.29, 0.717) is 12.2 Å². The summed E-state index contributed by atoms with van der Waals surface area (Å²) in [6.07, 6.45) is -1.12. The van der Waals surface area contributed by atoms with E-state index in [0.717, 1.165) is 23.4 Å². The molecule has 0 unspecified atom stereocenters. The summed E-state index contributed by atoms with van der Waals surface area (Å²) in [6, 6.07) is 6.55. The molecule has 2 aromatic rings. The maximum atomic E-state index is 12.4. The minimum Gasteiger partial charge on any atom is -0.355 e. The number of anilines is 2. The van der Waals surface area contributed by atoms with Gasteiger partial charge in [-0.3, -0.25) is 4.98 Å². The summed E-state index contributed by atoms with van der Waals surface area (Å²) in [6.45, 7) is 0.302. The zero-order chi connectivity index (χ0) is 13.9. The van der Waals surface area contributed by atoms with Gasteiger partial charge in [0.15, 0.2) is 0 Å². The predicted octanol–water partition coefficient (Wildman–Crippen LogP) is 3.30. The minimum absolute atomic E-state index is 0.302. The molecular weight excluding hydrogens is 255 g/mol. The van der Waals surface area contributed by atoms with Gasteiger partial charge in [-0.1, -0.05) is 0 Å². The molecular formula is C13H12F3N3. The Morgan fingerprint density at radius 3 is 2.37 bits per heavy atom. The van der Waals surface area contributed by atoms with Crippen LogP contribution in [0.3, 0.4) is 0 Å². The van der Waals surface area contributed by atoms with Crippen LogP contribution in [0.2, 0.25) is 0 Å². The van der Waals surface area contributed by atoms with Crippen molar-refractivity contribution in [3.63, 3.8) is 0 Å². The molecule has 0 atom stereocenters. The lowest BCUT2D eigenvalue weighted by atomic mass is 10.2. The molecule has 1 aromatic carbocycles. The molecule has 0 saturated carbocycles. The van der Waals surface area contributed by atoms with Crippen LogP contribution in [0.4, 0.5) is 24.5 Å². The van der Waals surface area contributed by atoms with E-state index in [1.165, 1.54) is 12.1 Å². The van der Waals surface area contributed by atoms with Gasteiger partial charge >= 0.3 is 6.18 Å². The Kier molecular flexibility index (Phi) is 3.71. The number of benzene rings is 1. The Balaban J connectivity index is 2.20. The number of hydrogen-bond acceptors (Lipinski definition) is 3. The average Bonchev–Trinajstić information content (AvgIpc) is 2.39. The number of hydrogen-bond donors (Lipinski definition) is 2. The first-order valence-corrected chi connectivity index (χ1v) is 5.58. The highest BCUT2D eigenvalue weighted by molar-refractivity contribution is 5.62. The van der Waals surface area contributed by atoms with Gasteiger partial charge in [-0.05, 0) is 30.3 Å². The van der Waals surface area contributed by atoms with Crippen molar-refractivity contribution in [3.05, 3.63) is 53.9 Å². The number of pyridine rings is 1. The van der Waals surface area contributed by atoms with E-state index in [-0.39, 0.29) is 0 Å². The Bertz CT molecular complexity index is 550. The van der Waals surface area contributed by atoms with Crippen molar-refractivity contribution in [3.8, 4) is 0 Å². The van der Waals surface area contributed by atoms with E-state index < -0.39 is 11.7 Å². The second kappa shape index (κ2) is 5.27. The van der Waals surface area contributed by atoms with E-state index in [2.05, 4.69) is 10.3 Å². The molecule has 3 nitrogen and oxygen atoms in total. The lowest BCUT2D eigenvalue weighted by molar-refractivity contribution is -0.137. The summed E-state index contributed by atoms with van der Waals surface area (Å²) in [5.41, 5.74) is 6.97.